The van der Waals surface area contributed by atoms with E-state index in [0.717, 1.165) is 12.1 Å². The maximum Gasteiger partial charge on any atom is 0.270 e. The number of nitrogens with one attached hydrogen (secondary N) is 1. The molecule has 0 aromatic rings. The number of carbonyl (C=O) groups is 2. The van der Waals surface area contributed by atoms with Crippen molar-refractivity contribution in [1.82, 2.24) is 10.2 Å². The van der Waals surface area contributed by atoms with E-state index in [9.17, 15) is 9.59 Å². The molecule has 3 heterocycles. The van der Waals surface area contributed by atoms with Crippen LogP contribution in [0.2, 0.25) is 0 Å². The third-order valence-electron chi connectivity index (χ3n) is 4.74. The smallest absolute Gasteiger partial charge is 0.270 e. The average molecular weight is 309 g/mol. The van der Waals surface area contributed by atoms with Crippen molar-refractivity contribution >= 4 is 17.5 Å². The van der Waals surface area contributed by atoms with Crippen molar-refractivity contribution in [2.24, 2.45) is 10.6 Å². The predicted molar refractivity (Wildman–Crippen MR) is 79.3 cm³/mol. The van der Waals surface area contributed by atoms with Gasteiger partial charge in [0.2, 0.25) is 11.5 Å². The van der Waals surface area contributed by atoms with Gasteiger partial charge in [0, 0.05) is 19.5 Å². The van der Waals surface area contributed by atoms with Crippen LogP contribution in [0.3, 0.4) is 0 Å². The lowest BCUT2D eigenvalue weighted by Gasteiger charge is -2.44. The van der Waals surface area contributed by atoms with E-state index in [1.54, 1.807) is 11.8 Å². The van der Waals surface area contributed by atoms with Gasteiger partial charge < -0.3 is 19.8 Å². The van der Waals surface area contributed by atoms with E-state index in [1.807, 2.05) is 13.8 Å². The van der Waals surface area contributed by atoms with Gasteiger partial charge in [-0.3, -0.25) is 9.59 Å². The minimum atomic E-state index is -0.888. The lowest BCUT2D eigenvalue weighted by molar-refractivity contribution is -0.163. The Bertz CT molecular complexity index is 529. The van der Waals surface area contributed by atoms with E-state index in [2.05, 4.69) is 10.5 Å². The van der Waals surface area contributed by atoms with Crippen molar-refractivity contribution in [3.8, 4) is 0 Å². The molecular weight excluding hydrogens is 286 g/mol. The van der Waals surface area contributed by atoms with E-state index in [-0.39, 0.29) is 17.9 Å². The summed E-state index contributed by atoms with van der Waals surface area (Å²) in [6.07, 6.45) is 1.42. The number of oxime groups is 1. The molecule has 7 heteroatoms. The standard InChI is InChI=1S/C15H23N3O4/c1-10-6-15(3,22-17-10)13(20)18-5-4-11(18)7-16-12(19)14(2)8-21-9-14/h11H,4-9H2,1-3H3,(H,16,19). The van der Waals surface area contributed by atoms with E-state index in [0.29, 0.717) is 32.7 Å². The average Bonchev–Trinajstić information content (AvgIpc) is 2.75. The highest BCUT2D eigenvalue weighted by Crippen LogP contribution is 2.30. The Morgan fingerprint density at radius 2 is 2.14 bits per heavy atom. The highest BCUT2D eigenvalue weighted by atomic mass is 16.7. The van der Waals surface area contributed by atoms with Gasteiger partial charge in [-0.05, 0) is 27.2 Å². The van der Waals surface area contributed by atoms with Crippen molar-refractivity contribution in [2.45, 2.75) is 45.3 Å². The van der Waals surface area contributed by atoms with Crippen LogP contribution in [0, 0.1) is 5.41 Å². The molecule has 0 spiro atoms. The monoisotopic (exact) mass is 309 g/mol. The van der Waals surface area contributed by atoms with Crippen molar-refractivity contribution < 1.29 is 19.2 Å². The molecule has 1 N–H and O–H groups in total. The molecule has 2 atom stereocenters. The van der Waals surface area contributed by atoms with Crippen LogP contribution >= 0.6 is 0 Å². The van der Waals surface area contributed by atoms with Crippen LogP contribution in [0.25, 0.3) is 0 Å². The van der Waals surface area contributed by atoms with Gasteiger partial charge in [-0.1, -0.05) is 5.16 Å². The molecule has 0 aromatic carbocycles. The lowest BCUT2D eigenvalue weighted by atomic mass is 9.87. The highest BCUT2D eigenvalue weighted by molar-refractivity contribution is 5.95. The maximum atomic E-state index is 12.6. The number of likely N-dealkylation sites (tertiary alicyclic amines) is 1. The summed E-state index contributed by atoms with van der Waals surface area (Å²) in [6, 6.07) is 0.0439. The quantitative estimate of drug-likeness (QED) is 0.810. The number of hydrogen-bond acceptors (Lipinski definition) is 5. The Morgan fingerprint density at radius 3 is 2.59 bits per heavy atom. The predicted octanol–water partition coefficient (Wildman–Crippen LogP) is 0.295. The zero-order valence-electron chi connectivity index (χ0n) is 13.3. The van der Waals surface area contributed by atoms with Gasteiger partial charge in [-0.2, -0.15) is 0 Å². The van der Waals surface area contributed by atoms with E-state index < -0.39 is 11.0 Å². The molecule has 3 rings (SSSR count). The SMILES string of the molecule is CC1=NOC(C)(C(=O)N2CCC2CNC(=O)C2(C)COC2)C1. The first-order valence-electron chi connectivity index (χ1n) is 7.73. The van der Waals surface area contributed by atoms with E-state index in [4.69, 9.17) is 9.57 Å². The van der Waals surface area contributed by atoms with Crippen molar-refractivity contribution in [3.05, 3.63) is 0 Å². The number of nitrogens with zero attached hydrogens (tertiary/aromatic N) is 2. The second kappa shape index (κ2) is 5.22. The summed E-state index contributed by atoms with van der Waals surface area (Å²) in [4.78, 5) is 31.8. The summed E-state index contributed by atoms with van der Waals surface area (Å²) in [7, 11) is 0. The number of ether oxygens (including phenoxy) is 1. The Morgan fingerprint density at radius 1 is 1.41 bits per heavy atom. The third-order valence-corrected chi connectivity index (χ3v) is 4.74. The molecule has 0 saturated carbocycles. The van der Waals surface area contributed by atoms with Crippen LogP contribution in [-0.2, 0) is 19.2 Å². The topological polar surface area (TPSA) is 80.2 Å². The van der Waals surface area contributed by atoms with Crippen LogP contribution < -0.4 is 5.32 Å². The molecule has 7 nitrogen and oxygen atoms in total. The van der Waals surface area contributed by atoms with Crippen LogP contribution in [0.15, 0.2) is 5.16 Å². The van der Waals surface area contributed by atoms with Gasteiger partial charge in [-0.25, -0.2) is 0 Å². The molecule has 2 unspecified atom stereocenters. The fourth-order valence-corrected chi connectivity index (χ4v) is 3.03. The molecular formula is C15H23N3O4. The molecule has 0 aromatic heterocycles. The van der Waals surface area contributed by atoms with Gasteiger partial charge in [0.25, 0.3) is 5.91 Å². The number of carbonyl (C=O) groups excluding carboxylic acids is 2. The Balaban J connectivity index is 1.52. The molecule has 122 valence electrons. The second-order valence-corrected chi connectivity index (χ2v) is 7.03. The molecule has 3 aliphatic heterocycles. The van der Waals surface area contributed by atoms with Crippen molar-refractivity contribution in [3.63, 3.8) is 0 Å². The fourth-order valence-electron chi connectivity index (χ4n) is 3.03. The summed E-state index contributed by atoms with van der Waals surface area (Å²) in [5, 5.41) is 6.83. The molecule has 2 amide bonds. The first-order valence-corrected chi connectivity index (χ1v) is 7.73. The van der Waals surface area contributed by atoms with Crippen LogP contribution in [-0.4, -0.2) is 60.4 Å². The molecule has 3 aliphatic rings. The van der Waals surface area contributed by atoms with Crippen molar-refractivity contribution in [2.75, 3.05) is 26.3 Å². The van der Waals surface area contributed by atoms with Gasteiger partial charge in [0.15, 0.2) is 0 Å². The van der Waals surface area contributed by atoms with Gasteiger partial charge >= 0.3 is 0 Å². The summed E-state index contributed by atoms with van der Waals surface area (Å²) in [6.45, 7) is 7.64. The molecule has 22 heavy (non-hydrogen) atoms. The zero-order valence-corrected chi connectivity index (χ0v) is 13.3. The van der Waals surface area contributed by atoms with Gasteiger partial charge in [0.05, 0.1) is 30.4 Å². The van der Waals surface area contributed by atoms with Crippen molar-refractivity contribution in [1.29, 1.82) is 0 Å². The summed E-state index contributed by atoms with van der Waals surface area (Å²) in [5.41, 5.74) is -0.468. The zero-order chi connectivity index (χ0) is 16.0. The molecule has 0 radical (unpaired) electrons. The highest BCUT2D eigenvalue weighted by Gasteiger charge is 2.48. The second-order valence-electron chi connectivity index (χ2n) is 7.03. The Hall–Kier alpha value is -1.63. The minimum Gasteiger partial charge on any atom is -0.379 e. The fraction of sp³-hybridized carbons (Fsp3) is 0.800. The largest absolute Gasteiger partial charge is 0.379 e. The van der Waals surface area contributed by atoms with E-state index in [1.165, 1.54) is 0 Å². The Labute approximate surface area is 130 Å². The minimum absolute atomic E-state index is 0.000514. The molecule has 0 aliphatic carbocycles. The number of hydrogen-bond donors (Lipinski definition) is 1. The van der Waals surface area contributed by atoms with Gasteiger partial charge in [0.1, 0.15) is 0 Å². The summed E-state index contributed by atoms with van der Waals surface area (Å²) in [5.74, 6) is -0.0441. The Kier molecular flexibility index (Phi) is 3.63. The van der Waals surface area contributed by atoms with E-state index >= 15 is 0 Å². The summed E-state index contributed by atoms with van der Waals surface area (Å²) < 4.78 is 5.10. The number of rotatable bonds is 4. The number of amides is 2. The lowest BCUT2D eigenvalue weighted by Crippen LogP contribution is -2.62. The first-order chi connectivity index (χ1) is 10.3. The van der Waals surface area contributed by atoms with Crippen LogP contribution in [0.4, 0.5) is 0 Å². The van der Waals surface area contributed by atoms with Crippen LogP contribution in [0.1, 0.15) is 33.6 Å². The third kappa shape index (κ3) is 2.47. The molecule has 0 bridgehead atoms. The molecule has 2 saturated heterocycles. The maximum absolute atomic E-state index is 12.6. The first kappa shape index (κ1) is 15.3. The normalized spacial score (nSPS) is 32.4. The van der Waals surface area contributed by atoms with Crippen LogP contribution in [0.5, 0.6) is 0 Å². The molecule has 2 fully saturated rings. The van der Waals surface area contributed by atoms with Gasteiger partial charge in [-0.15, -0.1) is 0 Å². The summed E-state index contributed by atoms with van der Waals surface area (Å²) >= 11 is 0.